The number of nitrogens with one attached hydrogen (secondary N) is 2. The molecular weight excluding hydrogens is 230 g/mol. The number of hydrogen-bond acceptors (Lipinski definition) is 3. The second-order valence-corrected chi connectivity index (χ2v) is 4.03. The summed E-state index contributed by atoms with van der Waals surface area (Å²) in [5.41, 5.74) is 1.90. The molecule has 94 valence electrons. The molecule has 2 aromatic rings. The topological polar surface area (TPSA) is 78.0 Å². The number of carbonyl (C=O) groups is 1. The minimum absolute atomic E-state index is 0.0659. The number of rotatable bonds is 5. The molecule has 1 atom stereocenters. The first-order valence-corrected chi connectivity index (χ1v) is 5.72. The van der Waals surface area contributed by atoms with Crippen LogP contribution in [0, 0.1) is 0 Å². The van der Waals surface area contributed by atoms with E-state index in [-0.39, 0.29) is 6.04 Å². The Bertz CT molecular complexity index is 522. The van der Waals surface area contributed by atoms with Gasteiger partial charge in [0.2, 0.25) is 0 Å². The molecule has 3 N–H and O–H groups in total. The second kappa shape index (κ2) is 5.46. The standard InChI is InChI=1S/C13H15N3O2/c1-9(11-4-2-3-6-14-11)16-8-12-10(13(17)18)5-7-15-12/h2-7,9,15-16H,8H2,1H3,(H,17,18)/t9-/m1/s1. The fourth-order valence-corrected chi connectivity index (χ4v) is 1.74. The molecule has 0 amide bonds. The van der Waals surface area contributed by atoms with Crippen molar-refractivity contribution in [2.45, 2.75) is 19.5 Å². The van der Waals surface area contributed by atoms with E-state index in [0.717, 1.165) is 5.69 Å². The van der Waals surface area contributed by atoms with Gasteiger partial charge in [-0.05, 0) is 25.1 Å². The normalized spacial score (nSPS) is 12.3. The molecule has 0 aliphatic rings. The maximum atomic E-state index is 10.9. The minimum Gasteiger partial charge on any atom is -0.478 e. The molecule has 0 aromatic carbocycles. The van der Waals surface area contributed by atoms with Crippen molar-refractivity contribution in [3.05, 3.63) is 53.6 Å². The number of carboxylic acid groups (broad SMARTS) is 1. The van der Waals surface area contributed by atoms with Crippen LogP contribution < -0.4 is 5.32 Å². The lowest BCUT2D eigenvalue weighted by molar-refractivity contribution is 0.0695. The monoisotopic (exact) mass is 245 g/mol. The number of aromatic amines is 1. The van der Waals surface area contributed by atoms with Crippen LogP contribution in [0.25, 0.3) is 0 Å². The lowest BCUT2D eigenvalue weighted by atomic mass is 10.2. The summed E-state index contributed by atoms with van der Waals surface area (Å²) in [7, 11) is 0. The van der Waals surface area contributed by atoms with Crippen molar-refractivity contribution in [3.8, 4) is 0 Å². The first kappa shape index (κ1) is 12.3. The highest BCUT2D eigenvalue weighted by Crippen LogP contribution is 2.11. The van der Waals surface area contributed by atoms with Gasteiger partial charge >= 0.3 is 5.97 Å². The number of H-pyrrole nitrogens is 1. The van der Waals surface area contributed by atoms with Crippen molar-refractivity contribution >= 4 is 5.97 Å². The summed E-state index contributed by atoms with van der Waals surface area (Å²) in [6.45, 7) is 2.46. The Labute approximate surface area is 105 Å². The largest absolute Gasteiger partial charge is 0.478 e. The summed E-state index contributed by atoms with van der Waals surface area (Å²) < 4.78 is 0. The van der Waals surface area contributed by atoms with Gasteiger partial charge < -0.3 is 15.4 Å². The van der Waals surface area contributed by atoms with Gasteiger partial charge in [-0.2, -0.15) is 0 Å². The Hall–Kier alpha value is -2.14. The minimum atomic E-state index is -0.918. The smallest absolute Gasteiger partial charge is 0.337 e. The van der Waals surface area contributed by atoms with Crippen molar-refractivity contribution in [2.75, 3.05) is 0 Å². The van der Waals surface area contributed by atoms with E-state index in [2.05, 4.69) is 15.3 Å². The van der Waals surface area contributed by atoms with Gasteiger partial charge in [0.05, 0.1) is 11.3 Å². The zero-order valence-electron chi connectivity index (χ0n) is 10.1. The maximum Gasteiger partial charge on any atom is 0.337 e. The van der Waals surface area contributed by atoms with Crippen molar-refractivity contribution in [3.63, 3.8) is 0 Å². The van der Waals surface area contributed by atoms with Gasteiger partial charge in [-0.1, -0.05) is 6.07 Å². The van der Waals surface area contributed by atoms with Gasteiger partial charge in [-0.3, -0.25) is 4.98 Å². The molecule has 0 saturated carbocycles. The molecule has 0 fully saturated rings. The van der Waals surface area contributed by atoms with Gasteiger partial charge in [0, 0.05) is 30.7 Å². The van der Waals surface area contributed by atoms with E-state index in [1.165, 1.54) is 0 Å². The quantitative estimate of drug-likeness (QED) is 0.752. The molecule has 0 aliphatic carbocycles. The Balaban J connectivity index is 1.99. The summed E-state index contributed by atoms with van der Waals surface area (Å²) in [6.07, 6.45) is 3.37. The van der Waals surface area contributed by atoms with Crippen LogP contribution in [0.5, 0.6) is 0 Å². The third-order valence-electron chi connectivity index (χ3n) is 2.78. The Morgan fingerprint density at radius 1 is 1.50 bits per heavy atom. The Kier molecular flexibility index (Phi) is 3.74. The number of aromatic nitrogens is 2. The van der Waals surface area contributed by atoms with E-state index in [1.807, 2.05) is 25.1 Å². The first-order valence-electron chi connectivity index (χ1n) is 5.72. The molecule has 18 heavy (non-hydrogen) atoms. The van der Waals surface area contributed by atoms with E-state index in [4.69, 9.17) is 5.11 Å². The molecule has 5 heteroatoms. The third kappa shape index (κ3) is 2.75. The molecule has 0 saturated heterocycles. The SMILES string of the molecule is C[C@@H](NCc1[nH]ccc1C(=O)O)c1ccccn1. The zero-order chi connectivity index (χ0) is 13.0. The molecule has 2 heterocycles. The summed E-state index contributed by atoms with van der Waals surface area (Å²) >= 11 is 0. The van der Waals surface area contributed by atoms with E-state index >= 15 is 0 Å². The molecule has 2 aromatic heterocycles. The first-order chi connectivity index (χ1) is 8.68. The molecule has 0 spiro atoms. The average molecular weight is 245 g/mol. The van der Waals surface area contributed by atoms with Crippen LogP contribution in [-0.2, 0) is 6.54 Å². The summed E-state index contributed by atoms with van der Waals surface area (Å²) in [6, 6.07) is 7.35. The number of carboxylic acids is 1. The van der Waals surface area contributed by atoms with Gasteiger partial charge in [0.25, 0.3) is 0 Å². The molecule has 0 bridgehead atoms. The highest BCUT2D eigenvalue weighted by molar-refractivity contribution is 5.88. The number of aromatic carboxylic acids is 1. The molecule has 0 aliphatic heterocycles. The summed E-state index contributed by atoms with van der Waals surface area (Å²) in [5.74, 6) is -0.918. The molecular formula is C13H15N3O2. The van der Waals surface area contributed by atoms with Crippen LogP contribution in [-0.4, -0.2) is 21.0 Å². The van der Waals surface area contributed by atoms with E-state index in [9.17, 15) is 4.79 Å². The Morgan fingerprint density at radius 3 is 3.00 bits per heavy atom. The Morgan fingerprint density at radius 2 is 2.33 bits per heavy atom. The van der Waals surface area contributed by atoms with Crippen LogP contribution in [0.1, 0.15) is 34.7 Å². The van der Waals surface area contributed by atoms with Gasteiger partial charge in [0.15, 0.2) is 0 Å². The predicted molar refractivity (Wildman–Crippen MR) is 67.2 cm³/mol. The van der Waals surface area contributed by atoms with Crippen LogP contribution in [0.4, 0.5) is 0 Å². The molecule has 5 nitrogen and oxygen atoms in total. The molecule has 0 unspecified atom stereocenters. The van der Waals surface area contributed by atoms with Crippen molar-refractivity contribution in [1.82, 2.24) is 15.3 Å². The average Bonchev–Trinajstić information content (AvgIpc) is 2.85. The fourth-order valence-electron chi connectivity index (χ4n) is 1.74. The number of hydrogen-bond donors (Lipinski definition) is 3. The van der Waals surface area contributed by atoms with E-state index in [0.29, 0.717) is 17.8 Å². The summed E-state index contributed by atoms with van der Waals surface area (Å²) in [4.78, 5) is 18.1. The third-order valence-corrected chi connectivity index (χ3v) is 2.78. The highest BCUT2D eigenvalue weighted by atomic mass is 16.4. The highest BCUT2D eigenvalue weighted by Gasteiger charge is 2.12. The maximum absolute atomic E-state index is 10.9. The van der Waals surface area contributed by atoms with E-state index < -0.39 is 5.97 Å². The van der Waals surface area contributed by atoms with Gasteiger partial charge in [0.1, 0.15) is 0 Å². The van der Waals surface area contributed by atoms with Crippen LogP contribution in [0.2, 0.25) is 0 Å². The zero-order valence-corrected chi connectivity index (χ0v) is 10.1. The van der Waals surface area contributed by atoms with Crippen LogP contribution >= 0.6 is 0 Å². The van der Waals surface area contributed by atoms with Gasteiger partial charge in [-0.25, -0.2) is 4.79 Å². The summed E-state index contributed by atoms with van der Waals surface area (Å²) in [5, 5.41) is 12.2. The van der Waals surface area contributed by atoms with Crippen LogP contribution in [0.15, 0.2) is 36.7 Å². The van der Waals surface area contributed by atoms with Gasteiger partial charge in [-0.15, -0.1) is 0 Å². The van der Waals surface area contributed by atoms with Crippen molar-refractivity contribution in [2.24, 2.45) is 0 Å². The van der Waals surface area contributed by atoms with Crippen molar-refractivity contribution < 1.29 is 9.90 Å². The lowest BCUT2D eigenvalue weighted by Gasteiger charge is -2.12. The number of nitrogens with zero attached hydrogens (tertiary/aromatic N) is 1. The number of pyridine rings is 1. The predicted octanol–water partition coefficient (Wildman–Crippen LogP) is 1.96. The van der Waals surface area contributed by atoms with E-state index in [1.54, 1.807) is 18.5 Å². The molecule has 2 rings (SSSR count). The molecule has 0 radical (unpaired) electrons. The van der Waals surface area contributed by atoms with Crippen molar-refractivity contribution in [1.29, 1.82) is 0 Å². The fraction of sp³-hybridized carbons (Fsp3) is 0.231. The second-order valence-electron chi connectivity index (χ2n) is 4.03. The van der Waals surface area contributed by atoms with Crippen LogP contribution in [0.3, 0.4) is 0 Å². The lowest BCUT2D eigenvalue weighted by Crippen LogP contribution is -2.20.